The van der Waals surface area contributed by atoms with Gasteiger partial charge in [-0.15, -0.1) is 0 Å². The van der Waals surface area contributed by atoms with Gasteiger partial charge in [-0.3, -0.25) is 4.79 Å². The zero-order chi connectivity index (χ0) is 18.4. The fourth-order valence-corrected chi connectivity index (χ4v) is 3.42. The number of carboxylic acids is 1. The summed E-state index contributed by atoms with van der Waals surface area (Å²) in [4.78, 5) is 23.9. The van der Waals surface area contributed by atoms with Crippen LogP contribution in [0.25, 0.3) is 0 Å². The van der Waals surface area contributed by atoms with Gasteiger partial charge in [-0.2, -0.15) is 0 Å². The molecule has 0 bridgehead atoms. The molecule has 0 aliphatic rings. The van der Waals surface area contributed by atoms with E-state index >= 15 is 0 Å². The van der Waals surface area contributed by atoms with E-state index in [-0.39, 0.29) is 11.9 Å². The molecule has 1 amide bonds. The predicted molar refractivity (Wildman–Crippen MR) is 119 cm³/mol. The van der Waals surface area contributed by atoms with Gasteiger partial charge in [0.05, 0.1) is 21.5 Å². The van der Waals surface area contributed by atoms with Crippen LogP contribution in [0.2, 0.25) is 5.82 Å². The van der Waals surface area contributed by atoms with Gasteiger partial charge in [-0.05, 0) is 24.3 Å². The van der Waals surface area contributed by atoms with Crippen molar-refractivity contribution in [3.8, 4) is 0 Å². The van der Waals surface area contributed by atoms with Crippen LogP contribution in [0.1, 0.15) is 33.1 Å². The molecule has 0 saturated carbocycles. The molecule has 0 saturated heterocycles. The second-order valence-electron chi connectivity index (χ2n) is 5.84. The Morgan fingerprint density at radius 1 is 1.12 bits per heavy atom. The minimum Gasteiger partial charge on any atom is -0.480 e. The molecule has 3 atom stereocenters. The van der Waals surface area contributed by atoms with Crippen LogP contribution in [-0.2, 0) is 9.59 Å². The number of aliphatic carboxylic acids is 1. The van der Waals surface area contributed by atoms with Gasteiger partial charge in [-0.1, -0.05) is 26.1 Å². The SMILES string of the molecule is BBSCCC(NC(=O)C(CCSBB)NBC(C)CC)C(=O)O. The van der Waals surface area contributed by atoms with Gasteiger partial charge in [-0.25, -0.2) is 28.0 Å². The van der Waals surface area contributed by atoms with Crippen LogP contribution in [0.4, 0.5) is 0 Å². The Kier molecular flexibility index (Phi) is 15.2. The second-order valence-corrected chi connectivity index (χ2v) is 8.63. The number of carbonyl (C=O) groups is 2. The summed E-state index contributed by atoms with van der Waals surface area (Å²) in [7, 11) is 4.91. The zero-order valence-electron chi connectivity index (χ0n) is 15.5. The normalized spacial score (nSPS) is 14.2. The van der Waals surface area contributed by atoms with E-state index in [0.29, 0.717) is 12.2 Å². The van der Waals surface area contributed by atoms with E-state index in [1.807, 2.05) is 7.74 Å². The molecule has 0 heterocycles. The summed E-state index contributed by atoms with van der Waals surface area (Å²) in [6.07, 6.45) is 4.20. The van der Waals surface area contributed by atoms with Gasteiger partial charge in [0.15, 0.2) is 12.9 Å². The van der Waals surface area contributed by atoms with Crippen LogP contribution in [0.3, 0.4) is 0 Å². The molecule has 0 rings (SSSR count). The van der Waals surface area contributed by atoms with Gasteiger partial charge in [0, 0.05) is 0 Å². The topological polar surface area (TPSA) is 78.4 Å². The molecule has 3 N–H and O–H groups in total. The molecular weight excluding hydrogens is 338 g/mol. The molecule has 0 aromatic carbocycles. The Hall–Kier alpha value is -0.0753. The van der Waals surface area contributed by atoms with E-state index in [0.717, 1.165) is 44.7 Å². The van der Waals surface area contributed by atoms with Crippen LogP contribution in [0.5, 0.6) is 0 Å². The first-order chi connectivity index (χ1) is 11.5. The number of hydrogen-bond acceptors (Lipinski definition) is 5. The van der Waals surface area contributed by atoms with E-state index < -0.39 is 12.0 Å². The maximum atomic E-state index is 12.5. The van der Waals surface area contributed by atoms with E-state index in [9.17, 15) is 14.7 Å². The fraction of sp³-hybridized carbons (Fsp3) is 0.833. The van der Waals surface area contributed by atoms with Crippen LogP contribution in [-0.4, -0.2) is 76.4 Å². The van der Waals surface area contributed by atoms with E-state index in [2.05, 4.69) is 32.1 Å². The first kappa shape index (κ1) is 23.9. The van der Waals surface area contributed by atoms with Gasteiger partial charge >= 0.3 is 5.97 Å². The standard InChI is InChI=1S/C12H29B5N2O3S2/c1-3-8(2)15-19-9(4-6-23-16-13)11(20)18-10(12(21)22)5-7-24-17-14/h8-10,15-17,19H,3-7,13-14H2,1-2H3,(H,18,20)(H,21,22). The first-order valence-electron chi connectivity index (χ1n) is 8.88. The number of carboxylic acid groups (broad SMARTS) is 1. The molecule has 24 heavy (non-hydrogen) atoms. The van der Waals surface area contributed by atoms with Crippen molar-refractivity contribution in [1.82, 2.24) is 10.5 Å². The summed E-state index contributed by atoms with van der Waals surface area (Å²) >= 11 is 3.49. The summed E-state index contributed by atoms with van der Waals surface area (Å²) in [6, 6.07) is -1.12. The van der Waals surface area contributed by atoms with Crippen molar-refractivity contribution in [1.29, 1.82) is 0 Å². The third-order valence-corrected chi connectivity index (χ3v) is 5.72. The second kappa shape index (κ2) is 15.2. The molecule has 0 fully saturated rings. The Morgan fingerprint density at radius 2 is 1.67 bits per heavy atom. The van der Waals surface area contributed by atoms with Gasteiger partial charge in [0.1, 0.15) is 6.04 Å². The first-order valence-corrected chi connectivity index (χ1v) is 11.2. The molecule has 12 heteroatoms. The number of nitrogens with one attached hydrogen (secondary N) is 2. The van der Waals surface area contributed by atoms with Crippen molar-refractivity contribution in [3.63, 3.8) is 0 Å². The highest BCUT2D eigenvalue weighted by atomic mass is 32.2. The highest BCUT2D eigenvalue weighted by Crippen LogP contribution is 2.08. The Labute approximate surface area is 158 Å². The molecule has 132 valence electrons. The molecule has 0 aliphatic carbocycles. The molecule has 3 unspecified atom stereocenters. The largest absolute Gasteiger partial charge is 0.480 e. The summed E-state index contributed by atoms with van der Waals surface area (Å²) in [5.74, 6) is 0.985. The average molecular weight is 368 g/mol. The third-order valence-electron chi connectivity index (χ3n) is 3.85. The molecular formula is C12H29B5N2O3S2. The lowest BCUT2D eigenvalue weighted by molar-refractivity contribution is -0.142. The predicted octanol–water partition coefficient (Wildman–Crippen LogP) is -1.87. The lowest BCUT2D eigenvalue weighted by atomic mass is 9.74. The lowest BCUT2D eigenvalue weighted by Gasteiger charge is -2.22. The van der Waals surface area contributed by atoms with Crippen molar-refractivity contribution < 1.29 is 14.7 Å². The summed E-state index contributed by atoms with van der Waals surface area (Å²) in [5.41, 5.74) is 0. The minimum absolute atomic E-state index is 0.191. The number of amides is 1. The maximum absolute atomic E-state index is 12.5. The van der Waals surface area contributed by atoms with Crippen LogP contribution >= 0.6 is 23.2 Å². The monoisotopic (exact) mass is 368 g/mol. The van der Waals surface area contributed by atoms with Gasteiger partial charge in [0.25, 0.3) is 0 Å². The van der Waals surface area contributed by atoms with Crippen LogP contribution in [0.15, 0.2) is 0 Å². The Balaban J connectivity index is 4.62. The quantitative estimate of drug-likeness (QED) is 0.233. The summed E-state index contributed by atoms with van der Waals surface area (Å²) in [6.45, 7) is 4.27. The number of hydrogen-bond donors (Lipinski definition) is 3. The minimum atomic E-state index is -0.955. The van der Waals surface area contributed by atoms with Crippen molar-refractivity contribution in [2.75, 3.05) is 11.5 Å². The summed E-state index contributed by atoms with van der Waals surface area (Å²) in [5, 5.41) is 15.4. The molecule has 0 aliphatic heterocycles. The Morgan fingerprint density at radius 3 is 2.12 bits per heavy atom. The van der Waals surface area contributed by atoms with E-state index in [4.69, 9.17) is 0 Å². The molecule has 0 spiro atoms. The zero-order valence-corrected chi connectivity index (χ0v) is 17.1. The third kappa shape index (κ3) is 11.5. The molecule has 0 aromatic heterocycles. The van der Waals surface area contributed by atoms with E-state index in [1.165, 1.54) is 0 Å². The van der Waals surface area contributed by atoms with E-state index in [1.54, 1.807) is 23.2 Å². The summed E-state index contributed by atoms with van der Waals surface area (Å²) < 4.78 is 0. The Bertz CT molecular complexity index is 372. The highest BCUT2D eigenvalue weighted by Gasteiger charge is 2.25. The van der Waals surface area contributed by atoms with Gasteiger partial charge in [0.2, 0.25) is 13.3 Å². The van der Waals surface area contributed by atoms with Gasteiger partial charge < -0.3 is 15.7 Å². The molecule has 0 radical (unpaired) electrons. The maximum Gasteiger partial charge on any atom is 0.326 e. The van der Waals surface area contributed by atoms with Crippen molar-refractivity contribution >= 4 is 70.9 Å². The fourth-order valence-electron chi connectivity index (χ4n) is 2.03. The number of carbonyl (C=O) groups excluding carboxylic acids is 1. The average Bonchev–Trinajstić information content (AvgIpc) is 2.56. The highest BCUT2D eigenvalue weighted by molar-refractivity contribution is 8.26. The lowest BCUT2D eigenvalue weighted by Crippen LogP contribution is -2.51. The molecule has 5 nitrogen and oxygen atoms in total. The van der Waals surface area contributed by atoms with Crippen molar-refractivity contribution in [3.05, 3.63) is 0 Å². The smallest absolute Gasteiger partial charge is 0.326 e. The van der Waals surface area contributed by atoms with Crippen molar-refractivity contribution in [2.45, 2.75) is 51.0 Å². The van der Waals surface area contributed by atoms with Crippen molar-refractivity contribution in [2.24, 2.45) is 0 Å². The van der Waals surface area contributed by atoms with Crippen LogP contribution < -0.4 is 10.5 Å². The molecule has 0 aromatic rings. The number of rotatable bonds is 15. The van der Waals surface area contributed by atoms with Crippen LogP contribution in [0, 0.1) is 0 Å².